The molecule has 0 aliphatic heterocycles. The summed E-state index contributed by atoms with van der Waals surface area (Å²) >= 11 is 0. The molecule has 0 bridgehead atoms. The highest BCUT2D eigenvalue weighted by Gasteiger charge is 2.36. The first kappa shape index (κ1) is 14.7. The minimum Gasteiger partial charge on any atom is -0.411 e. The summed E-state index contributed by atoms with van der Waals surface area (Å²) in [4.78, 5) is 0. The normalized spacial score (nSPS) is 14.9. The Bertz CT molecular complexity index is 393. The van der Waals surface area contributed by atoms with Crippen LogP contribution in [-0.2, 0) is 0 Å². The van der Waals surface area contributed by atoms with Crippen LogP contribution < -0.4 is 0 Å². The maximum Gasteiger partial charge on any atom is 0.0658 e. The first-order chi connectivity index (χ1) is 8.45. The zero-order valence-corrected chi connectivity index (χ0v) is 12.1. The lowest BCUT2D eigenvalue weighted by Gasteiger charge is -2.36. The van der Waals surface area contributed by atoms with Gasteiger partial charge >= 0.3 is 0 Å². The van der Waals surface area contributed by atoms with E-state index in [0.717, 1.165) is 12.1 Å². The molecule has 1 rings (SSSR count). The molecular weight excluding hydrogens is 222 g/mol. The lowest BCUT2D eigenvalue weighted by molar-refractivity contribution is 0.291. The van der Waals surface area contributed by atoms with Crippen LogP contribution in [0.3, 0.4) is 0 Å². The van der Waals surface area contributed by atoms with Gasteiger partial charge in [0.25, 0.3) is 0 Å². The molecule has 0 amide bonds. The first-order valence-electron chi connectivity index (χ1n) is 6.72. The molecule has 1 aromatic carbocycles. The quantitative estimate of drug-likeness (QED) is 0.457. The lowest BCUT2D eigenvalue weighted by Crippen LogP contribution is -2.34. The number of rotatable bonds is 5. The van der Waals surface area contributed by atoms with Crippen molar-refractivity contribution in [3.05, 3.63) is 35.9 Å². The molecule has 1 atom stereocenters. The average Bonchev–Trinajstić information content (AvgIpc) is 2.30. The maximum atomic E-state index is 9.31. The van der Waals surface area contributed by atoms with Gasteiger partial charge in [-0.15, -0.1) is 0 Å². The van der Waals surface area contributed by atoms with Crippen LogP contribution in [0.4, 0.5) is 0 Å². The highest BCUT2D eigenvalue weighted by molar-refractivity contribution is 5.91. The molecular formula is C16H25NO. The third kappa shape index (κ3) is 2.92. The van der Waals surface area contributed by atoms with Gasteiger partial charge in [-0.25, -0.2) is 0 Å². The molecule has 0 spiro atoms. The predicted octanol–water partition coefficient (Wildman–Crippen LogP) is 4.69. The van der Waals surface area contributed by atoms with Crippen LogP contribution in [0.5, 0.6) is 0 Å². The monoisotopic (exact) mass is 247 g/mol. The molecule has 0 heterocycles. The van der Waals surface area contributed by atoms with Crippen molar-refractivity contribution in [3.8, 4) is 0 Å². The number of oxime groups is 1. The third-order valence-corrected chi connectivity index (χ3v) is 3.80. The zero-order valence-electron chi connectivity index (χ0n) is 12.1. The van der Waals surface area contributed by atoms with Crippen LogP contribution in [0.1, 0.15) is 52.5 Å². The van der Waals surface area contributed by atoms with Gasteiger partial charge < -0.3 is 5.21 Å². The minimum absolute atomic E-state index is 0.140. The average molecular weight is 247 g/mol. The molecule has 100 valence electrons. The molecule has 0 saturated heterocycles. The molecule has 0 aliphatic carbocycles. The second-order valence-electron chi connectivity index (χ2n) is 5.73. The van der Waals surface area contributed by atoms with E-state index in [0.29, 0.717) is 5.92 Å². The van der Waals surface area contributed by atoms with E-state index in [1.165, 1.54) is 5.56 Å². The van der Waals surface area contributed by atoms with E-state index >= 15 is 0 Å². The molecule has 18 heavy (non-hydrogen) atoms. The largest absolute Gasteiger partial charge is 0.411 e. The van der Waals surface area contributed by atoms with Crippen LogP contribution in [-0.4, -0.2) is 10.9 Å². The summed E-state index contributed by atoms with van der Waals surface area (Å²) in [5, 5.41) is 12.9. The van der Waals surface area contributed by atoms with Crippen molar-refractivity contribution >= 4 is 5.71 Å². The summed E-state index contributed by atoms with van der Waals surface area (Å²) in [6.07, 6.45) is 1.03. The van der Waals surface area contributed by atoms with E-state index in [4.69, 9.17) is 0 Å². The number of nitrogens with zero attached hydrogens (tertiary/aromatic N) is 1. The van der Waals surface area contributed by atoms with E-state index in [2.05, 4.69) is 64.0 Å². The van der Waals surface area contributed by atoms with Crippen molar-refractivity contribution < 1.29 is 5.21 Å². The molecule has 2 heteroatoms. The standard InChI is InChI=1S/C16H25NO/c1-6-14(13-10-8-7-9-11-13)16(4,5)15(17-18)12(2)3/h7-12,14,18H,6H2,1-5H3. The zero-order chi connectivity index (χ0) is 13.8. The molecule has 1 aromatic rings. The molecule has 0 fully saturated rings. The van der Waals surface area contributed by atoms with E-state index in [9.17, 15) is 5.21 Å². The lowest BCUT2D eigenvalue weighted by atomic mass is 9.68. The van der Waals surface area contributed by atoms with Crippen molar-refractivity contribution in [3.63, 3.8) is 0 Å². The van der Waals surface area contributed by atoms with Gasteiger partial charge in [0, 0.05) is 5.41 Å². The summed E-state index contributed by atoms with van der Waals surface area (Å²) in [7, 11) is 0. The maximum absolute atomic E-state index is 9.31. The highest BCUT2D eigenvalue weighted by atomic mass is 16.4. The van der Waals surface area contributed by atoms with Crippen molar-refractivity contribution in [2.75, 3.05) is 0 Å². The Balaban J connectivity index is 3.15. The van der Waals surface area contributed by atoms with E-state index < -0.39 is 0 Å². The van der Waals surface area contributed by atoms with Crippen molar-refractivity contribution in [1.29, 1.82) is 0 Å². The van der Waals surface area contributed by atoms with Gasteiger partial charge in [0.05, 0.1) is 5.71 Å². The Labute approximate surface area is 111 Å². The third-order valence-electron chi connectivity index (χ3n) is 3.80. The fourth-order valence-electron chi connectivity index (χ4n) is 3.01. The number of hydrogen-bond donors (Lipinski definition) is 1. The molecule has 2 nitrogen and oxygen atoms in total. The summed E-state index contributed by atoms with van der Waals surface area (Å²) in [5.41, 5.74) is 2.05. The number of hydrogen-bond acceptors (Lipinski definition) is 2. The Morgan fingerprint density at radius 1 is 1.22 bits per heavy atom. The highest BCUT2D eigenvalue weighted by Crippen LogP contribution is 2.40. The topological polar surface area (TPSA) is 32.6 Å². The van der Waals surface area contributed by atoms with Crippen molar-refractivity contribution in [1.82, 2.24) is 0 Å². The molecule has 0 radical (unpaired) electrons. The van der Waals surface area contributed by atoms with Gasteiger partial charge in [0.1, 0.15) is 0 Å². The van der Waals surface area contributed by atoms with Crippen molar-refractivity contribution in [2.45, 2.75) is 47.0 Å². The van der Waals surface area contributed by atoms with Crippen LogP contribution in [0.25, 0.3) is 0 Å². The van der Waals surface area contributed by atoms with Crippen LogP contribution in [0.15, 0.2) is 35.5 Å². The van der Waals surface area contributed by atoms with Gasteiger partial charge in [-0.2, -0.15) is 0 Å². The smallest absolute Gasteiger partial charge is 0.0658 e. The second-order valence-corrected chi connectivity index (χ2v) is 5.73. The van der Waals surface area contributed by atoms with Gasteiger partial charge in [0.2, 0.25) is 0 Å². The SMILES string of the molecule is CCC(c1ccccc1)C(C)(C)C(=NO)C(C)C. The summed E-state index contributed by atoms with van der Waals surface area (Å²) in [5.74, 6) is 0.620. The summed E-state index contributed by atoms with van der Waals surface area (Å²) in [6.45, 7) is 10.7. The Morgan fingerprint density at radius 2 is 1.78 bits per heavy atom. The van der Waals surface area contributed by atoms with Crippen LogP contribution in [0, 0.1) is 11.3 Å². The van der Waals surface area contributed by atoms with Gasteiger partial charge in [-0.1, -0.05) is 70.1 Å². The molecule has 0 saturated carbocycles. The Hall–Kier alpha value is -1.31. The summed E-state index contributed by atoms with van der Waals surface area (Å²) in [6, 6.07) is 10.5. The van der Waals surface area contributed by atoms with Gasteiger partial charge in [0.15, 0.2) is 0 Å². The molecule has 0 aliphatic rings. The second kappa shape index (κ2) is 6.03. The van der Waals surface area contributed by atoms with Crippen molar-refractivity contribution in [2.24, 2.45) is 16.5 Å². The van der Waals surface area contributed by atoms with Crippen LogP contribution >= 0.6 is 0 Å². The fourth-order valence-corrected chi connectivity index (χ4v) is 3.01. The molecule has 0 aromatic heterocycles. The van der Waals surface area contributed by atoms with E-state index in [1.54, 1.807) is 0 Å². The Kier molecular flexibility index (Phi) is 4.94. The van der Waals surface area contributed by atoms with E-state index in [-0.39, 0.29) is 11.3 Å². The van der Waals surface area contributed by atoms with E-state index in [1.807, 2.05) is 6.07 Å². The molecule has 1 N–H and O–H groups in total. The first-order valence-corrected chi connectivity index (χ1v) is 6.72. The summed E-state index contributed by atoms with van der Waals surface area (Å²) < 4.78 is 0. The van der Waals surface area contributed by atoms with Crippen LogP contribution in [0.2, 0.25) is 0 Å². The van der Waals surface area contributed by atoms with Gasteiger partial charge in [-0.3, -0.25) is 0 Å². The molecule has 1 unspecified atom stereocenters. The number of benzene rings is 1. The Morgan fingerprint density at radius 3 is 2.17 bits per heavy atom. The predicted molar refractivity (Wildman–Crippen MR) is 77.3 cm³/mol. The van der Waals surface area contributed by atoms with Gasteiger partial charge in [-0.05, 0) is 23.8 Å². The minimum atomic E-state index is -0.140. The fraction of sp³-hybridized carbons (Fsp3) is 0.562.